The molecule has 126 valence electrons. The third-order valence-corrected chi connectivity index (χ3v) is 5.00. The molecule has 23 heavy (non-hydrogen) atoms. The van der Waals surface area contributed by atoms with Crippen LogP contribution in [0.15, 0.2) is 10.7 Å². The minimum absolute atomic E-state index is 0.0100. The Balaban J connectivity index is 1.69. The lowest BCUT2D eigenvalue weighted by Gasteiger charge is -2.43. The first-order valence-corrected chi connectivity index (χ1v) is 7.92. The summed E-state index contributed by atoms with van der Waals surface area (Å²) in [5.41, 5.74) is 6.41. The number of aryl methyl sites for hydroxylation is 2. The van der Waals surface area contributed by atoms with Crippen LogP contribution in [0.4, 0.5) is 0 Å². The predicted octanol–water partition coefficient (Wildman–Crippen LogP) is 0.299. The topological polar surface area (TPSA) is 89.0 Å². The standard InChI is InChI=1S/C16H23N3O4/c1-11-9-23-12(2)13(11)14(20)18-4-6-19(7-5-18)16(15(17)21)3-8-22-10-16/h9H,3-8,10H2,1-2H3,(H2,17,21). The number of hydrogen-bond acceptors (Lipinski definition) is 5. The maximum Gasteiger partial charge on any atom is 0.257 e. The van der Waals surface area contributed by atoms with Gasteiger partial charge in [0.2, 0.25) is 5.91 Å². The zero-order valence-electron chi connectivity index (χ0n) is 13.6. The van der Waals surface area contributed by atoms with Crippen LogP contribution in [0.5, 0.6) is 0 Å². The summed E-state index contributed by atoms with van der Waals surface area (Å²) in [7, 11) is 0. The van der Waals surface area contributed by atoms with E-state index in [0.29, 0.717) is 57.1 Å². The van der Waals surface area contributed by atoms with Gasteiger partial charge in [0.1, 0.15) is 11.3 Å². The molecule has 2 saturated heterocycles. The van der Waals surface area contributed by atoms with Crippen molar-refractivity contribution in [2.24, 2.45) is 5.73 Å². The summed E-state index contributed by atoms with van der Waals surface area (Å²) < 4.78 is 10.7. The number of carbonyl (C=O) groups is 2. The van der Waals surface area contributed by atoms with Crippen LogP contribution in [0.1, 0.15) is 28.1 Å². The number of nitrogens with two attached hydrogens (primary N) is 1. The van der Waals surface area contributed by atoms with Gasteiger partial charge in [-0.1, -0.05) is 0 Å². The molecule has 2 aliphatic heterocycles. The Morgan fingerprint density at radius 3 is 2.39 bits per heavy atom. The lowest BCUT2D eigenvalue weighted by atomic mass is 9.94. The minimum atomic E-state index is -0.712. The van der Waals surface area contributed by atoms with E-state index in [4.69, 9.17) is 14.9 Å². The minimum Gasteiger partial charge on any atom is -0.469 e. The van der Waals surface area contributed by atoms with E-state index in [-0.39, 0.29) is 11.8 Å². The number of furan rings is 1. The van der Waals surface area contributed by atoms with Crippen LogP contribution in [0, 0.1) is 13.8 Å². The second kappa shape index (κ2) is 5.98. The number of ether oxygens (including phenoxy) is 1. The molecular formula is C16H23N3O4. The molecular weight excluding hydrogens is 298 g/mol. The van der Waals surface area contributed by atoms with E-state index < -0.39 is 5.54 Å². The van der Waals surface area contributed by atoms with Gasteiger partial charge in [-0.2, -0.15) is 0 Å². The average Bonchev–Trinajstić information content (AvgIpc) is 3.15. The van der Waals surface area contributed by atoms with Gasteiger partial charge in [-0.15, -0.1) is 0 Å². The van der Waals surface area contributed by atoms with Crippen molar-refractivity contribution in [3.63, 3.8) is 0 Å². The summed E-state index contributed by atoms with van der Waals surface area (Å²) in [4.78, 5) is 28.5. The molecule has 2 aliphatic rings. The molecule has 2 amide bonds. The Bertz CT molecular complexity index is 591. The Morgan fingerprint density at radius 2 is 1.91 bits per heavy atom. The van der Waals surface area contributed by atoms with Gasteiger partial charge in [0.25, 0.3) is 5.91 Å². The highest BCUT2D eigenvalue weighted by molar-refractivity contribution is 5.96. The van der Waals surface area contributed by atoms with Crippen LogP contribution in [0.2, 0.25) is 0 Å². The van der Waals surface area contributed by atoms with Crippen molar-refractivity contribution >= 4 is 11.8 Å². The van der Waals surface area contributed by atoms with Gasteiger partial charge >= 0.3 is 0 Å². The quantitative estimate of drug-likeness (QED) is 0.865. The monoisotopic (exact) mass is 321 g/mol. The van der Waals surface area contributed by atoms with Crippen LogP contribution < -0.4 is 5.73 Å². The second-order valence-electron chi connectivity index (χ2n) is 6.33. The Kier molecular flexibility index (Phi) is 4.16. The van der Waals surface area contributed by atoms with Gasteiger partial charge in [0, 0.05) is 44.8 Å². The Hall–Kier alpha value is -1.86. The van der Waals surface area contributed by atoms with Gasteiger partial charge in [0.15, 0.2) is 0 Å². The first-order chi connectivity index (χ1) is 11.0. The van der Waals surface area contributed by atoms with Gasteiger partial charge in [-0.25, -0.2) is 0 Å². The van der Waals surface area contributed by atoms with Crippen molar-refractivity contribution in [2.75, 3.05) is 39.4 Å². The second-order valence-corrected chi connectivity index (χ2v) is 6.33. The molecule has 2 N–H and O–H groups in total. The van der Waals surface area contributed by atoms with E-state index in [0.717, 1.165) is 5.56 Å². The van der Waals surface area contributed by atoms with Crippen molar-refractivity contribution in [3.05, 3.63) is 23.2 Å². The van der Waals surface area contributed by atoms with Gasteiger partial charge in [0.05, 0.1) is 18.4 Å². The molecule has 1 aromatic rings. The normalized spacial score (nSPS) is 25.7. The van der Waals surface area contributed by atoms with Crippen LogP contribution in [-0.2, 0) is 9.53 Å². The SMILES string of the molecule is Cc1coc(C)c1C(=O)N1CCN(C2(C(N)=O)CCOC2)CC1. The van der Waals surface area contributed by atoms with Crippen LogP contribution in [0.25, 0.3) is 0 Å². The van der Waals surface area contributed by atoms with E-state index in [1.165, 1.54) is 0 Å². The fourth-order valence-electron chi connectivity index (χ4n) is 3.54. The first kappa shape index (κ1) is 16.0. The highest BCUT2D eigenvalue weighted by Crippen LogP contribution is 2.28. The van der Waals surface area contributed by atoms with Crippen molar-refractivity contribution in [2.45, 2.75) is 25.8 Å². The molecule has 2 fully saturated rings. The maximum absolute atomic E-state index is 12.7. The molecule has 0 spiro atoms. The van der Waals surface area contributed by atoms with Crippen LogP contribution in [0.3, 0.4) is 0 Å². The van der Waals surface area contributed by atoms with Crippen LogP contribution >= 0.6 is 0 Å². The number of amides is 2. The highest BCUT2D eigenvalue weighted by atomic mass is 16.5. The lowest BCUT2D eigenvalue weighted by molar-refractivity contribution is -0.131. The van der Waals surface area contributed by atoms with Crippen LogP contribution in [-0.4, -0.2) is 66.5 Å². The van der Waals surface area contributed by atoms with Crippen molar-refractivity contribution in [1.82, 2.24) is 9.80 Å². The summed E-state index contributed by atoms with van der Waals surface area (Å²) in [5.74, 6) is 0.299. The molecule has 3 heterocycles. The number of nitrogens with zero attached hydrogens (tertiary/aromatic N) is 2. The molecule has 0 radical (unpaired) electrons. The largest absolute Gasteiger partial charge is 0.469 e. The molecule has 1 unspecified atom stereocenters. The zero-order valence-corrected chi connectivity index (χ0v) is 13.6. The molecule has 1 aromatic heterocycles. The average molecular weight is 321 g/mol. The zero-order chi connectivity index (χ0) is 16.6. The summed E-state index contributed by atoms with van der Waals surface area (Å²) in [6, 6.07) is 0. The molecule has 0 saturated carbocycles. The Morgan fingerprint density at radius 1 is 1.22 bits per heavy atom. The van der Waals surface area contributed by atoms with E-state index in [2.05, 4.69) is 4.90 Å². The van der Waals surface area contributed by atoms with Gasteiger partial charge in [-0.3, -0.25) is 14.5 Å². The number of primary amides is 1. The smallest absolute Gasteiger partial charge is 0.257 e. The predicted molar refractivity (Wildman–Crippen MR) is 83.0 cm³/mol. The van der Waals surface area contributed by atoms with E-state index >= 15 is 0 Å². The lowest BCUT2D eigenvalue weighted by Crippen LogP contribution is -2.63. The molecule has 1 atom stereocenters. The number of hydrogen-bond donors (Lipinski definition) is 1. The highest BCUT2D eigenvalue weighted by Gasteiger charge is 2.47. The molecule has 3 rings (SSSR count). The fourth-order valence-corrected chi connectivity index (χ4v) is 3.54. The van der Waals surface area contributed by atoms with E-state index in [9.17, 15) is 9.59 Å². The summed E-state index contributed by atoms with van der Waals surface area (Å²) in [6.45, 7) is 6.94. The van der Waals surface area contributed by atoms with Gasteiger partial charge in [-0.05, 0) is 13.8 Å². The summed E-state index contributed by atoms with van der Waals surface area (Å²) >= 11 is 0. The summed E-state index contributed by atoms with van der Waals surface area (Å²) in [5, 5.41) is 0. The van der Waals surface area contributed by atoms with E-state index in [1.807, 2.05) is 11.8 Å². The van der Waals surface area contributed by atoms with Crippen molar-refractivity contribution in [1.29, 1.82) is 0 Å². The number of carbonyl (C=O) groups excluding carboxylic acids is 2. The molecule has 0 bridgehead atoms. The molecule has 0 aromatic carbocycles. The molecule has 7 nitrogen and oxygen atoms in total. The van der Waals surface area contributed by atoms with Gasteiger partial charge < -0.3 is 19.8 Å². The first-order valence-electron chi connectivity index (χ1n) is 7.92. The fraction of sp³-hybridized carbons (Fsp3) is 0.625. The number of rotatable bonds is 3. The number of piperazine rings is 1. The Labute approximate surface area is 135 Å². The summed E-state index contributed by atoms with van der Waals surface area (Å²) in [6.07, 6.45) is 2.23. The van der Waals surface area contributed by atoms with Crippen molar-refractivity contribution < 1.29 is 18.7 Å². The molecule has 0 aliphatic carbocycles. The maximum atomic E-state index is 12.7. The molecule has 7 heteroatoms. The third-order valence-electron chi connectivity index (χ3n) is 5.00. The third kappa shape index (κ3) is 2.64. The van der Waals surface area contributed by atoms with Crippen molar-refractivity contribution in [3.8, 4) is 0 Å². The van der Waals surface area contributed by atoms with E-state index in [1.54, 1.807) is 13.2 Å².